The summed E-state index contributed by atoms with van der Waals surface area (Å²) in [5.74, 6) is 0. The van der Waals surface area contributed by atoms with Crippen LogP contribution in [0.25, 0.3) is 11.8 Å². The highest BCUT2D eigenvalue weighted by atomic mass is 16.1. The van der Waals surface area contributed by atoms with Gasteiger partial charge < -0.3 is 5.73 Å². The van der Waals surface area contributed by atoms with Gasteiger partial charge in [-0.15, -0.1) is 0 Å². The predicted octanol–water partition coefficient (Wildman–Crippen LogP) is 1.64. The molecule has 0 radical (unpaired) electrons. The first-order chi connectivity index (χ1) is 11.5. The van der Waals surface area contributed by atoms with Crippen LogP contribution in [0, 0.1) is 40.9 Å². The van der Waals surface area contributed by atoms with Crippen LogP contribution in [0.15, 0.2) is 52.0 Å². The number of hydrogen-bond donors (Lipinski definition) is 2. The molecular formula is C17H12N6O. The third kappa shape index (κ3) is 2.94. The van der Waals surface area contributed by atoms with Crippen molar-refractivity contribution in [3.05, 3.63) is 68.8 Å². The van der Waals surface area contributed by atoms with E-state index in [2.05, 4.69) is 5.10 Å². The lowest BCUT2D eigenvalue weighted by Gasteiger charge is -1.99. The quantitative estimate of drug-likeness (QED) is 0.655. The minimum absolute atomic E-state index is 0.118. The van der Waals surface area contributed by atoms with E-state index >= 15 is 0 Å². The van der Waals surface area contributed by atoms with Crippen molar-refractivity contribution < 1.29 is 0 Å². The lowest BCUT2D eigenvalue weighted by molar-refractivity contribution is 0.835. The molecule has 0 amide bonds. The number of H-pyrrole nitrogens is 1. The molecule has 0 atom stereocenters. The van der Waals surface area contributed by atoms with Crippen LogP contribution >= 0.6 is 0 Å². The number of hydrogen-bond acceptors (Lipinski definition) is 5. The molecule has 0 aliphatic carbocycles. The van der Waals surface area contributed by atoms with Crippen molar-refractivity contribution in [1.82, 2.24) is 9.78 Å². The highest BCUT2D eigenvalue weighted by molar-refractivity contribution is 5.67. The van der Waals surface area contributed by atoms with Crippen LogP contribution < -0.4 is 11.3 Å². The summed E-state index contributed by atoms with van der Waals surface area (Å²) >= 11 is 0. The number of nitrogens with zero attached hydrogens (tertiary/aromatic N) is 4. The summed E-state index contributed by atoms with van der Waals surface area (Å²) < 4.78 is 1.34. The molecule has 3 N–H and O–H groups in total. The molecule has 1 aromatic heterocycles. The van der Waals surface area contributed by atoms with Crippen LogP contribution in [0.2, 0.25) is 0 Å². The minimum atomic E-state index is -0.376. The second-order valence-corrected chi connectivity index (χ2v) is 4.81. The fourth-order valence-electron chi connectivity index (χ4n) is 2.08. The van der Waals surface area contributed by atoms with Gasteiger partial charge in [-0.3, -0.25) is 9.89 Å². The molecule has 116 valence electrons. The summed E-state index contributed by atoms with van der Waals surface area (Å²) in [7, 11) is 0. The summed E-state index contributed by atoms with van der Waals surface area (Å²) in [5.41, 5.74) is 5.97. The van der Waals surface area contributed by atoms with Gasteiger partial charge in [-0.25, -0.2) is 4.68 Å². The van der Waals surface area contributed by atoms with E-state index in [0.717, 1.165) is 0 Å². The number of aromatic nitrogens is 2. The lowest BCUT2D eigenvalue weighted by atomic mass is 10.1. The van der Waals surface area contributed by atoms with E-state index in [-0.39, 0.29) is 28.0 Å². The smallest absolute Gasteiger partial charge is 0.278 e. The number of aromatic amines is 1. The fourth-order valence-corrected chi connectivity index (χ4v) is 2.08. The molecule has 0 fully saturated rings. The van der Waals surface area contributed by atoms with Crippen molar-refractivity contribution in [3.8, 4) is 23.9 Å². The molecular weight excluding hydrogens is 304 g/mol. The number of para-hydroxylation sites is 1. The van der Waals surface area contributed by atoms with E-state index in [1.807, 2.05) is 12.1 Å². The van der Waals surface area contributed by atoms with Crippen molar-refractivity contribution in [3.63, 3.8) is 0 Å². The normalized spacial score (nSPS) is 10.3. The molecule has 0 unspecified atom stereocenters. The number of allylic oxidation sites excluding steroid dienone is 2. The largest absolute Gasteiger partial charge is 0.396 e. The van der Waals surface area contributed by atoms with Gasteiger partial charge in [-0.05, 0) is 25.1 Å². The number of benzene rings is 1. The number of nitrogens with one attached hydrogen (secondary N) is 1. The molecule has 2 aromatic rings. The van der Waals surface area contributed by atoms with Gasteiger partial charge in [0, 0.05) is 5.69 Å². The van der Waals surface area contributed by atoms with Gasteiger partial charge >= 0.3 is 0 Å². The van der Waals surface area contributed by atoms with Crippen LogP contribution in [-0.4, -0.2) is 9.78 Å². The third-order valence-electron chi connectivity index (χ3n) is 3.32. The van der Waals surface area contributed by atoms with Crippen molar-refractivity contribution in [2.24, 2.45) is 5.73 Å². The fraction of sp³-hybridized carbons (Fsp3) is 0.0588. The molecule has 0 bridgehead atoms. The monoisotopic (exact) mass is 316 g/mol. The van der Waals surface area contributed by atoms with Gasteiger partial charge in [0.05, 0.1) is 22.5 Å². The topological polar surface area (TPSA) is 135 Å². The van der Waals surface area contributed by atoms with Crippen molar-refractivity contribution >= 4 is 6.08 Å². The molecule has 0 aliphatic rings. The van der Waals surface area contributed by atoms with Gasteiger partial charge in [0.25, 0.3) is 5.56 Å². The first-order valence-electron chi connectivity index (χ1n) is 6.82. The zero-order valence-electron chi connectivity index (χ0n) is 12.7. The Labute approximate surface area is 137 Å². The molecule has 24 heavy (non-hydrogen) atoms. The maximum Gasteiger partial charge on any atom is 0.278 e. The van der Waals surface area contributed by atoms with Gasteiger partial charge in [0.2, 0.25) is 0 Å². The Bertz CT molecular complexity index is 1000. The standard InChI is InChI=1S/C17H12N6O/c1-11-15(7-12(8-18)16(21)13(9-19)10-20)17(24)23(22-11)14-5-3-2-4-6-14/h2-7,22H,21H2,1H3/b12-7+. The van der Waals surface area contributed by atoms with Crippen LogP contribution in [0.3, 0.4) is 0 Å². The summed E-state index contributed by atoms with van der Waals surface area (Å²) in [4.78, 5) is 12.6. The Hall–Kier alpha value is -4.02. The zero-order chi connectivity index (χ0) is 17.7. The van der Waals surface area contributed by atoms with E-state index in [0.29, 0.717) is 11.4 Å². The molecule has 0 spiro atoms. The number of aryl methyl sites for hydroxylation is 1. The Morgan fingerprint density at radius 2 is 1.79 bits per heavy atom. The van der Waals surface area contributed by atoms with Crippen molar-refractivity contribution in [2.45, 2.75) is 6.92 Å². The van der Waals surface area contributed by atoms with Crippen LogP contribution in [-0.2, 0) is 0 Å². The van der Waals surface area contributed by atoms with Gasteiger partial charge in [-0.2, -0.15) is 15.8 Å². The molecule has 0 saturated carbocycles. The SMILES string of the molecule is Cc1[nH]n(-c2ccccc2)c(=O)c1/C=C(\C#N)C(N)=C(C#N)C#N. The molecule has 7 nitrogen and oxygen atoms in total. The Morgan fingerprint density at radius 3 is 2.33 bits per heavy atom. The van der Waals surface area contributed by atoms with Crippen LogP contribution in [0.5, 0.6) is 0 Å². The second kappa shape index (κ2) is 6.83. The molecule has 2 rings (SSSR count). The number of rotatable bonds is 3. The first-order valence-corrected chi connectivity index (χ1v) is 6.82. The summed E-state index contributed by atoms with van der Waals surface area (Å²) in [5, 5.41) is 29.9. The Balaban J connectivity index is 2.63. The summed E-state index contributed by atoms with van der Waals surface area (Å²) in [6.07, 6.45) is 1.28. The number of nitrogens with two attached hydrogens (primary N) is 1. The predicted molar refractivity (Wildman–Crippen MR) is 87.2 cm³/mol. The van der Waals surface area contributed by atoms with E-state index in [1.165, 1.54) is 10.8 Å². The zero-order valence-corrected chi connectivity index (χ0v) is 12.7. The molecule has 1 aromatic carbocycles. The molecule has 7 heteroatoms. The van der Waals surface area contributed by atoms with E-state index in [1.54, 1.807) is 43.3 Å². The van der Waals surface area contributed by atoms with E-state index in [4.69, 9.17) is 16.3 Å². The highest BCUT2D eigenvalue weighted by Gasteiger charge is 2.14. The molecule has 0 aliphatic heterocycles. The minimum Gasteiger partial charge on any atom is -0.396 e. The molecule has 1 heterocycles. The average molecular weight is 316 g/mol. The Kier molecular flexibility index (Phi) is 4.65. The molecule has 0 saturated heterocycles. The maximum absolute atomic E-state index is 12.6. The lowest BCUT2D eigenvalue weighted by Crippen LogP contribution is -2.16. The Morgan fingerprint density at radius 1 is 1.17 bits per heavy atom. The first kappa shape index (κ1) is 16.4. The number of nitriles is 3. The highest BCUT2D eigenvalue weighted by Crippen LogP contribution is 2.14. The third-order valence-corrected chi connectivity index (χ3v) is 3.32. The summed E-state index contributed by atoms with van der Waals surface area (Å²) in [6.45, 7) is 1.68. The van der Waals surface area contributed by atoms with E-state index < -0.39 is 0 Å². The maximum atomic E-state index is 12.6. The average Bonchev–Trinajstić information content (AvgIpc) is 2.88. The van der Waals surface area contributed by atoms with E-state index in [9.17, 15) is 10.1 Å². The second-order valence-electron chi connectivity index (χ2n) is 4.81. The van der Waals surface area contributed by atoms with Crippen molar-refractivity contribution in [2.75, 3.05) is 0 Å². The van der Waals surface area contributed by atoms with Gasteiger partial charge in [-0.1, -0.05) is 18.2 Å². The van der Waals surface area contributed by atoms with Crippen molar-refractivity contribution in [1.29, 1.82) is 15.8 Å². The van der Waals surface area contributed by atoms with Gasteiger partial charge in [0.15, 0.2) is 5.57 Å². The summed E-state index contributed by atoms with van der Waals surface area (Å²) in [6, 6.07) is 14.0. The van der Waals surface area contributed by atoms with Crippen LogP contribution in [0.4, 0.5) is 0 Å². The van der Waals surface area contributed by atoms with Crippen LogP contribution in [0.1, 0.15) is 11.3 Å². The van der Waals surface area contributed by atoms with Gasteiger partial charge in [0.1, 0.15) is 18.2 Å².